The van der Waals surface area contributed by atoms with E-state index in [9.17, 15) is 26.4 Å². The fourth-order valence-corrected chi connectivity index (χ4v) is 4.07. The first kappa shape index (κ1) is 23.8. The van der Waals surface area contributed by atoms with E-state index < -0.39 is 37.6 Å². The summed E-state index contributed by atoms with van der Waals surface area (Å²) in [6, 6.07) is 6.43. The molecule has 0 spiro atoms. The summed E-state index contributed by atoms with van der Waals surface area (Å²) in [5.74, 6) is -0.709. The molecule has 0 fully saturated rings. The predicted octanol–water partition coefficient (Wildman–Crippen LogP) is 4.88. The monoisotopic (exact) mass is 504 g/mol. The van der Waals surface area contributed by atoms with E-state index in [1.807, 2.05) is 0 Å². The van der Waals surface area contributed by atoms with Crippen molar-refractivity contribution in [2.24, 2.45) is 0 Å². The molecule has 0 radical (unpaired) electrons. The number of amides is 1. The third kappa shape index (κ3) is 5.12. The summed E-state index contributed by atoms with van der Waals surface area (Å²) >= 11 is 11.5. The number of halogens is 5. The van der Waals surface area contributed by atoms with Gasteiger partial charge in [0.15, 0.2) is 5.69 Å². The number of carbonyl (C=O) groups is 1. The first-order chi connectivity index (χ1) is 14.9. The van der Waals surface area contributed by atoms with Gasteiger partial charge in [-0.05, 0) is 36.4 Å². The Bertz CT molecular complexity index is 1270. The molecule has 1 N–H and O–H groups in total. The van der Waals surface area contributed by atoms with Crippen molar-refractivity contribution in [2.45, 2.75) is 11.1 Å². The van der Waals surface area contributed by atoms with Gasteiger partial charge in [0, 0.05) is 19.4 Å². The molecule has 0 aliphatic carbocycles. The second-order valence-electron chi connectivity index (χ2n) is 6.37. The standard InChI is InChI=1S/C19H13Cl2F3N4O3S/c1-28(12-3-2-6-25-10-12)18(29)17-16(7-11(20)9-26-17)27-32(30,31)13-4-5-15(21)14(8-13)19(22,23)24/h2-10,27H,1H3. The van der Waals surface area contributed by atoms with Gasteiger partial charge in [-0.3, -0.25) is 14.5 Å². The van der Waals surface area contributed by atoms with Crippen LogP contribution in [-0.4, -0.2) is 31.3 Å². The molecule has 0 aliphatic heterocycles. The quantitative estimate of drug-likeness (QED) is 0.534. The van der Waals surface area contributed by atoms with E-state index in [2.05, 4.69) is 14.7 Å². The van der Waals surface area contributed by atoms with Crippen molar-refractivity contribution in [3.8, 4) is 0 Å². The maximum Gasteiger partial charge on any atom is 0.417 e. The molecule has 0 atom stereocenters. The van der Waals surface area contributed by atoms with Gasteiger partial charge in [-0.1, -0.05) is 23.2 Å². The van der Waals surface area contributed by atoms with E-state index in [1.54, 1.807) is 12.1 Å². The van der Waals surface area contributed by atoms with E-state index >= 15 is 0 Å². The molecule has 1 amide bonds. The third-order valence-corrected chi connectivity index (χ3v) is 6.09. The van der Waals surface area contributed by atoms with Crippen molar-refractivity contribution in [2.75, 3.05) is 16.7 Å². The van der Waals surface area contributed by atoms with Crippen LogP contribution in [0.25, 0.3) is 0 Å². The molecule has 3 aromatic rings. The molecule has 32 heavy (non-hydrogen) atoms. The number of rotatable bonds is 5. The number of carbonyl (C=O) groups excluding carboxylic acids is 1. The van der Waals surface area contributed by atoms with Crippen LogP contribution in [0.15, 0.2) is 59.9 Å². The highest BCUT2D eigenvalue weighted by atomic mass is 35.5. The van der Waals surface area contributed by atoms with Crippen LogP contribution in [0.2, 0.25) is 10.0 Å². The summed E-state index contributed by atoms with van der Waals surface area (Å²) in [7, 11) is -3.15. The number of alkyl halides is 3. The third-order valence-electron chi connectivity index (χ3n) is 4.19. The number of anilines is 2. The summed E-state index contributed by atoms with van der Waals surface area (Å²) in [5, 5.41) is -0.662. The lowest BCUT2D eigenvalue weighted by Crippen LogP contribution is -2.28. The van der Waals surface area contributed by atoms with Crippen LogP contribution < -0.4 is 9.62 Å². The Morgan fingerprint density at radius 1 is 1.12 bits per heavy atom. The molecule has 0 saturated carbocycles. The Balaban J connectivity index is 2.01. The summed E-state index contributed by atoms with van der Waals surface area (Å²) in [6.07, 6.45) is -0.825. The van der Waals surface area contributed by atoms with Crippen LogP contribution in [-0.2, 0) is 16.2 Å². The van der Waals surface area contributed by atoms with Gasteiger partial charge in [-0.25, -0.2) is 13.4 Å². The summed E-state index contributed by atoms with van der Waals surface area (Å²) in [4.78, 5) is 21.2. The minimum atomic E-state index is -4.87. The van der Waals surface area contributed by atoms with E-state index in [0.717, 1.165) is 24.4 Å². The zero-order valence-corrected chi connectivity index (χ0v) is 18.4. The molecule has 1 aromatic carbocycles. The minimum absolute atomic E-state index is 0.00429. The van der Waals surface area contributed by atoms with Gasteiger partial charge >= 0.3 is 6.18 Å². The number of nitrogens with zero attached hydrogens (tertiary/aromatic N) is 3. The van der Waals surface area contributed by atoms with Crippen molar-refractivity contribution in [1.29, 1.82) is 0 Å². The Labute approximate surface area is 190 Å². The van der Waals surface area contributed by atoms with E-state index in [1.165, 1.54) is 24.3 Å². The molecule has 13 heteroatoms. The van der Waals surface area contributed by atoms with Gasteiger partial charge in [0.1, 0.15) is 0 Å². The SMILES string of the molecule is CN(C(=O)c1ncc(Cl)cc1NS(=O)(=O)c1ccc(Cl)c(C(F)(F)F)c1)c1cccnc1. The second kappa shape index (κ2) is 8.93. The molecule has 0 saturated heterocycles. The maximum atomic E-state index is 13.1. The highest BCUT2D eigenvalue weighted by Gasteiger charge is 2.35. The number of sulfonamides is 1. The average Bonchev–Trinajstić information content (AvgIpc) is 2.72. The molecule has 0 aliphatic rings. The number of aromatic nitrogens is 2. The second-order valence-corrected chi connectivity index (χ2v) is 8.90. The van der Waals surface area contributed by atoms with Crippen LogP contribution >= 0.6 is 23.2 Å². The average molecular weight is 505 g/mol. The topological polar surface area (TPSA) is 92.3 Å². The molecule has 7 nitrogen and oxygen atoms in total. The summed E-state index contributed by atoms with van der Waals surface area (Å²) in [5.41, 5.74) is -1.56. The maximum absolute atomic E-state index is 13.1. The van der Waals surface area contributed by atoms with Gasteiger partial charge in [0.2, 0.25) is 0 Å². The van der Waals surface area contributed by atoms with Crippen molar-refractivity contribution in [3.63, 3.8) is 0 Å². The van der Waals surface area contributed by atoms with Crippen LogP contribution in [0.4, 0.5) is 24.5 Å². The normalized spacial score (nSPS) is 11.8. The van der Waals surface area contributed by atoms with E-state index in [4.69, 9.17) is 23.2 Å². The molecule has 2 heterocycles. The van der Waals surface area contributed by atoms with Crippen LogP contribution in [0.3, 0.4) is 0 Å². The van der Waals surface area contributed by atoms with E-state index in [0.29, 0.717) is 11.8 Å². The van der Waals surface area contributed by atoms with Gasteiger partial charge in [0.05, 0.1) is 38.1 Å². The van der Waals surface area contributed by atoms with Crippen LogP contribution in [0, 0.1) is 0 Å². The summed E-state index contributed by atoms with van der Waals surface area (Å²) in [6.45, 7) is 0. The molecule has 0 bridgehead atoms. The lowest BCUT2D eigenvalue weighted by atomic mass is 10.2. The molecular weight excluding hydrogens is 492 g/mol. The van der Waals surface area contributed by atoms with Crippen LogP contribution in [0.5, 0.6) is 0 Å². The lowest BCUT2D eigenvalue weighted by Gasteiger charge is -2.19. The van der Waals surface area contributed by atoms with Gasteiger partial charge in [-0.2, -0.15) is 13.2 Å². The van der Waals surface area contributed by atoms with Gasteiger partial charge in [0.25, 0.3) is 15.9 Å². The minimum Gasteiger partial charge on any atom is -0.309 e. The zero-order valence-electron chi connectivity index (χ0n) is 16.1. The smallest absolute Gasteiger partial charge is 0.309 e. The Hall–Kier alpha value is -2.89. The Morgan fingerprint density at radius 3 is 2.47 bits per heavy atom. The van der Waals surface area contributed by atoms with Crippen LogP contribution in [0.1, 0.15) is 16.1 Å². The van der Waals surface area contributed by atoms with Gasteiger partial charge in [-0.15, -0.1) is 0 Å². The Morgan fingerprint density at radius 2 is 1.84 bits per heavy atom. The van der Waals surface area contributed by atoms with Crippen molar-refractivity contribution >= 4 is 50.5 Å². The van der Waals surface area contributed by atoms with Gasteiger partial charge < -0.3 is 4.90 Å². The zero-order chi connectivity index (χ0) is 23.7. The van der Waals surface area contributed by atoms with E-state index in [-0.39, 0.29) is 16.4 Å². The van der Waals surface area contributed by atoms with Crippen molar-refractivity contribution in [1.82, 2.24) is 9.97 Å². The first-order valence-corrected chi connectivity index (χ1v) is 10.9. The molecule has 2 aromatic heterocycles. The fraction of sp³-hybridized carbons (Fsp3) is 0.105. The molecule has 0 unspecified atom stereocenters. The fourth-order valence-electron chi connectivity index (χ4n) is 2.61. The summed E-state index contributed by atoms with van der Waals surface area (Å²) < 4.78 is 67.1. The lowest BCUT2D eigenvalue weighted by molar-refractivity contribution is -0.137. The number of benzene rings is 1. The number of pyridine rings is 2. The predicted molar refractivity (Wildman–Crippen MR) is 113 cm³/mol. The molecular formula is C19H13Cl2F3N4O3S. The first-order valence-electron chi connectivity index (χ1n) is 8.63. The highest BCUT2D eigenvalue weighted by Crippen LogP contribution is 2.36. The Kier molecular flexibility index (Phi) is 6.63. The molecule has 168 valence electrons. The number of hydrogen-bond donors (Lipinski definition) is 1. The number of nitrogens with one attached hydrogen (secondary N) is 1. The van der Waals surface area contributed by atoms with Crippen molar-refractivity contribution in [3.05, 3.63) is 76.3 Å². The largest absolute Gasteiger partial charge is 0.417 e. The number of hydrogen-bond acceptors (Lipinski definition) is 5. The molecule has 3 rings (SSSR count). The highest BCUT2D eigenvalue weighted by molar-refractivity contribution is 7.92. The van der Waals surface area contributed by atoms with Crippen molar-refractivity contribution < 1.29 is 26.4 Å².